The second-order valence-corrected chi connectivity index (χ2v) is 5.61. The van der Waals surface area contributed by atoms with Crippen LogP contribution in [0.2, 0.25) is 0 Å². The fourth-order valence-electron chi connectivity index (χ4n) is 2.07. The van der Waals surface area contributed by atoms with Gasteiger partial charge in [0.1, 0.15) is 6.61 Å². The van der Waals surface area contributed by atoms with Gasteiger partial charge in [-0.3, -0.25) is 4.79 Å². The van der Waals surface area contributed by atoms with Crippen molar-refractivity contribution in [2.45, 2.75) is 46.5 Å². The molecule has 2 nitrogen and oxygen atoms in total. The van der Waals surface area contributed by atoms with Gasteiger partial charge in [-0.1, -0.05) is 58.4 Å². The number of hydrogen-bond donors (Lipinski definition) is 0. The van der Waals surface area contributed by atoms with Crippen LogP contribution in [0.1, 0.15) is 62.4 Å². The van der Waals surface area contributed by atoms with Crippen molar-refractivity contribution in [2.24, 2.45) is 5.92 Å². The highest BCUT2D eigenvalue weighted by Gasteiger charge is 2.08. The van der Waals surface area contributed by atoms with Crippen LogP contribution in [-0.2, 0) is 4.74 Å². The Labute approximate surface area is 117 Å². The minimum atomic E-state index is 0.0685. The van der Waals surface area contributed by atoms with Crippen LogP contribution in [0.4, 0.5) is 0 Å². The molecule has 0 radical (unpaired) electrons. The highest BCUT2D eigenvalue weighted by atomic mass is 16.5. The van der Waals surface area contributed by atoms with E-state index in [-0.39, 0.29) is 12.4 Å². The molecule has 2 heteroatoms. The molecule has 1 aromatic carbocycles. The van der Waals surface area contributed by atoms with Gasteiger partial charge in [0, 0.05) is 12.2 Å². The van der Waals surface area contributed by atoms with Crippen molar-refractivity contribution in [1.82, 2.24) is 0 Å². The van der Waals surface area contributed by atoms with Crippen LogP contribution < -0.4 is 0 Å². The summed E-state index contributed by atoms with van der Waals surface area (Å²) in [6, 6.07) is 7.85. The number of ketones is 1. The molecule has 0 heterocycles. The van der Waals surface area contributed by atoms with E-state index in [1.54, 1.807) is 0 Å². The standard InChI is InChI=1S/C17H26O2/c1-5-6-14(4)11-19-12-17(18)16-9-7-15(8-10-16)13(2)3/h7-10,13-14H,5-6,11-12H2,1-4H3. The maximum atomic E-state index is 11.9. The third-order valence-electron chi connectivity index (χ3n) is 3.32. The normalized spacial score (nSPS) is 12.7. The number of Topliss-reactive ketones (excluding diaryl/α,β-unsaturated/α-hetero) is 1. The van der Waals surface area contributed by atoms with E-state index in [2.05, 4.69) is 27.7 Å². The van der Waals surface area contributed by atoms with Crippen molar-refractivity contribution < 1.29 is 9.53 Å². The molecule has 0 aliphatic heterocycles. The second-order valence-electron chi connectivity index (χ2n) is 5.61. The summed E-state index contributed by atoms with van der Waals surface area (Å²) >= 11 is 0. The smallest absolute Gasteiger partial charge is 0.188 e. The molecule has 1 aromatic rings. The first-order valence-electron chi connectivity index (χ1n) is 7.25. The molecule has 0 amide bonds. The predicted molar refractivity (Wildman–Crippen MR) is 79.8 cm³/mol. The molecule has 19 heavy (non-hydrogen) atoms. The van der Waals surface area contributed by atoms with Crippen LogP contribution in [0.15, 0.2) is 24.3 Å². The van der Waals surface area contributed by atoms with Crippen LogP contribution >= 0.6 is 0 Å². The number of carbonyl (C=O) groups is 1. The SMILES string of the molecule is CCCC(C)COCC(=O)c1ccc(C(C)C)cc1. The van der Waals surface area contributed by atoms with Gasteiger partial charge in [-0.15, -0.1) is 0 Å². The lowest BCUT2D eigenvalue weighted by Gasteiger charge is -2.10. The summed E-state index contributed by atoms with van der Waals surface area (Å²) in [5.41, 5.74) is 2.00. The summed E-state index contributed by atoms with van der Waals surface area (Å²) in [6.45, 7) is 9.48. The Kier molecular flexibility index (Phi) is 6.79. The van der Waals surface area contributed by atoms with E-state index in [0.717, 1.165) is 18.4 Å². The molecule has 0 saturated carbocycles. The van der Waals surface area contributed by atoms with E-state index in [0.29, 0.717) is 18.4 Å². The first kappa shape index (κ1) is 15.9. The van der Waals surface area contributed by atoms with Crippen LogP contribution in [0, 0.1) is 5.92 Å². The molecule has 0 fully saturated rings. The Balaban J connectivity index is 2.41. The van der Waals surface area contributed by atoms with Gasteiger partial charge in [-0.05, 0) is 23.8 Å². The third kappa shape index (κ3) is 5.56. The van der Waals surface area contributed by atoms with E-state index >= 15 is 0 Å². The molecule has 0 N–H and O–H groups in total. The van der Waals surface area contributed by atoms with Crippen molar-refractivity contribution in [2.75, 3.05) is 13.2 Å². The molecule has 0 aromatic heterocycles. The van der Waals surface area contributed by atoms with Crippen molar-refractivity contribution in [3.63, 3.8) is 0 Å². The maximum Gasteiger partial charge on any atom is 0.188 e. The van der Waals surface area contributed by atoms with Crippen molar-refractivity contribution in [3.8, 4) is 0 Å². The lowest BCUT2D eigenvalue weighted by atomic mass is 10.0. The van der Waals surface area contributed by atoms with E-state index in [1.807, 2.05) is 24.3 Å². The Morgan fingerprint density at radius 2 is 1.79 bits per heavy atom. The number of rotatable bonds is 8. The lowest BCUT2D eigenvalue weighted by Crippen LogP contribution is -2.13. The first-order chi connectivity index (χ1) is 9.04. The Bertz CT molecular complexity index is 379. The van der Waals surface area contributed by atoms with Crippen molar-refractivity contribution >= 4 is 5.78 Å². The van der Waals surface area contributed by atoms with Crippen LogP contribution in [-0.4, -0.2) is 19.0 Å². The number of hydrogen-bond acceptors (Lipinski definition) is 2. The number of benzene rings is 1. The van der Waals surface area contributed by atoms with Crippen molar-refractivity contribution in [3.05, 3.63) is 35.4 Å². The van der Waals surface area contributed by atoms with E-state index in [1.165, 1.54) is 5.56 Å². The molecule has 0 bridgehead atoms. The molecular weight excluding hydrogens is 236 g/mol. The summed E-state index contributed by atoms with van der Waals surface area (Å²) in [7, 11) is 0. The van der Waals surface area contributed by atoms with Gasteiger partial charge in [0.25, 0.3) is 0 Å². The molecule has 106 valence electrons. The highest BCUT2D eigenvalue weighted by molar-refractivity contribution is 5.97. The van der Waals surface area contributed by atoms with Crippen molar-refractivity contribution in [1.29, 1.82) is 0 Å². The average Bonchev–Trinajstić information content (AvgIpc) is 2.39. The summed E-state index contributed by atoms with van der Waals surface area (Å²) in [6.07, 6.45) is 2.31. The van der Waals surface area contributed by atoms with Gasteiger partial charge in [0.15, 0.2) is 5.78 Å². The highest BCUT2D eigenvalue weighted by Crippen LogP contribution is 2.15. The minimum absolute atomic E-state index is 0.0685. The predicted octanol–water partition coefficient (Wildman–Crippen LogP) is 4.45. The fourth-order valence-corrected chi connectivity index (χ4v) is 2.07. The molecular formula is C17H26O2. The molecule has 1 unspecified atom stereocenters. The molecule has 1 atom stereocenters. The quantitative estimate of drug-likeness (QED) is 0.647. The van der Waals surface area contributed by atoms with E-state index in [9.17, 15) is 4.79 Å². The molecule has 0 aliphatic carbocycles. The average molecular weight is 262 g/mol. The van der Waals surface area contributed by atoms with Gasteiger partial charge < -0.3 is 4.74 Å². The fraction of sp³-hybridized carbons (Fsp3) is 0.588. The summed E-state index contributed by atoms with van der Waals surface area (Å²) in [5.74, 6) is 1.09. The van der Waals surface area contributed by atoms with Crippen LogP contribution in [0.3, 0.4) is 0 Å². The van der Waals surface area contributed by atoms with Gasteiger partial charge in [0.05, 0.1) is 0 Å². The summed E-state index contributed by atoms with van der Waals surface area (Å²) in [5, 5.41) is 0. The molecule has 0 saturated heterocycles. The van der Waals surface area contributed by atoms with Gasteiger partial charge in [0.2, 0.25) is 0 Å². The monoisotopic (exact) mass is 262 g/mol. The van der Waals surface area contributed by atoms with Gasteiger partial charge in [-0.2, -0.15) is 0 Å². The molecule has 0 spiro atoms. The topological polar surface area (TPSA) is 26.3 Å². The number of carbonyl (C=O) groups excluding carboxylic acids is 1. The van der Waals surface area contributed by atoms with Crippen LogP contribution in [0.25, 0.3) is 0 Å². The van der Waals surface area contributed by atoms with E-state index in [4.69, 9.17) is 4.74 Å². The Hall–Kier alpha value is -1.15. The maximum absolute atomic E-state index is 11.9. The first-order valence-corrected chi connectivity index (χ1v) is 7.25. The zero-order chi connectivity index (χ0) is 14.3. The molecule has 1 rings (SSSR count). The summed E-state index contributed by atoms with van der Waals surface area (Å²) < 4.78 is 5.49. The largest absolute Gasteiger partial charge is 0.373 e. The summed E-state index contributed by atoms with van der Waals surface area (Å²) in [4.78, 5) is 11.9. The minimum Gasteiger partial charge on any atom is -0.373 e. The van der Waals surface area contributed by atoms with Gasteiger partial charge in [-0.25, -0.2) is 0 Å². The van der Waals surface area contributed by atoms with Gasteiger partial charge >= 0.3 is 0 Å². The van der Waals surface area contributed by atoms with E-state index < -0.39 is 0 Å². The zero-order valence-electron chi connectivity index (χ0n) is 12.6. The molecule has 0 aliphatic rings. The third-order valence-corrected chi connectivity index (χ3v) is 3.32. The number of ether oxygens (including phenoxy) is 1. The van der Waals surface area contributed by atoms with Crippen LogP contribution in [0.5, 0.6) is 0 Å². The Morgan fingerprint density at radius 1 is 1.16 bits per heavy atom. The Morgan fingerprint density at radius 3 is 2.32 bits per heavy atom. The lowest BCUT2D eigenvalue weighted by molar-refractivity contribution is 0.0683. The zero-order valence-corrected chi connectivity index (χ0v) is 12.6. The second kappa shape index (κ2) is 8.11.